The van der Waals surface area contributed by atoms with Crippen molar-refractivity contribution < 1.29 is 14.6 Å². The summed E-state index contributed by atoms with van der Waals surface area (Å²) in [7, 11) is 1.65. The molecule has 0 aromatic rings. The summed E-state index contributed by atoms with van der Waals surface area (Å²) in [6.45, 7) is 2.47. The highest BCUT2D eigenvalue weighted by atomic mass is 16.5. The minimum Gasteiger partial charge on any atom is -0.393 e. The minimum absolute atomic E-state index is 0.115. The maximum Gasteiger partial charge on any atom is 0.135 e. The van der Waals surface area contributed by atoms with Gasteiger partial charge in [0.15, 0.2) is 0 Å². The molecule has 1 N–H and O–H groups in total. The van der Waals surface area contributed by atoms with Crippen molar-refractivity contribution in [2.75, 3.05) is 13.7 Å². The molecule has 0 aliphatic carbocycles. The van der Waals surface area contributed by atoms with Crippen molar-refractivity contribution in [1.29, 1.82) is 0 Å². The fourth-order valence-electron chi connectivity index (χ4n) is 4.11. The second-order valence-electron chi connectivity index (χ2n) is 9.39. The monoisotopic (exact) mass is 426 g/mol. The molecule has 0 fully saturated rings. The Morgan fingerprint density at radius 1 is 0.600 bits per heavy atom. The van der Waals surface area contributed by atoms with Crippen molar-refractivity contribution in [3.05, 3.63) is 0 Å². The third-order valence-electron chi connectivity index (χ3n) is 6.16. The molecule has 0 aromatic heterocycles. The maximum atomic E-state index is 11.5. The normalized spacial score (nSPS) is 12.4. The number of unbranched alkanes of at least 4 members (excludes halogenated alkanes) is 18. The van der Waals surface area contributed by atoms with Crippen molar-refractivity contribution >= 4 is 5.78 Å². The zero-order valence-corrected chi connectivity index (χ0v) is 20.6. The van der Waals surface area contributed by atoms with Gasteiger partial charge in [0.05, 0.1) is 12.7 Å². The zero-order chi connectivity index (χ0) is 22.1. The highest BCUT2D eigenvalue weighted by Gasteiger charge is 2.01. The van der Waals surface area contributed by atoms with Crippen LogP contribution in [0.4, 0.5) is 0 Å². The number of aliphatic hydroxyl groups is 1. The fraction of sp³-hybridized carbons (Fsp3) is 0.963. The van der Waals surface area contributed by atoms with Gasteiger partial charge >= 0.3 is 0 Å². The molecule has 3 heteroatoms. The van der Waals surface area contributed by atoms with Crippen LogP contribution in [-0.4, -0.2) is 30.7 Å². The number of methoxy groups -OCH3 is 1. The molecule has 0 aliphatic rings. The molecular weight excluding hydrogens is 372 g/mol. The van der Waals surface area contributed by atoms with E-state index < -0.39 is 0 Å². The van der Waals surface area contributed by atoms with Gasteiger partial charge in [0.2, 0.25) is 0 Å². The van der Waals surface area contributed by atoms with Crippen molar-refractivity contribution in [2.45, 2.75) is 154 Å². The number of carbonyl (C=O) groups is 1. The smallest absolute Gasteiger partial charge is 0.135 e. The van der Waals surface area contributed by atoms with E-state index in [2.05, 4.69) is 0 Å². The van der Waals surface area contributed by atoms with Crippen LogP contribution in [0, 0.1) is 0 Å². The first kappa shape index (κ1) is 29.6. The number of carbonyl (C=O) groups excluding carboxylic acids is 1. The molecule has 30 heavy (non-hydrogen) atoms. The van der Waals surface area contributed by atoms with Gasteiger partial charge in [-0.1, -0.05) is 116 Å². The van der Waals surface area contributed by atoms with Crippen LogP contribution in [0.2, 0.25) is 0 Å². The third kappa shape index (κ3) is 25.6. The third-order valence-corrected chi connectivity index (χ3v) is 6.16. The number of hydrogen-bond donors (Lipinski definition) is 1. The lowest BCUT2D eigenvalue weighted by molar-refractivity contribution is -0.120. The standard InChI is InChI=1S/C27H54O3/c1-26(28)22-20-18-16-14-12-10-8-6-4-3-5-7-9-11-13-15-17-19-21-23-27(29)24-25-30-2/h26,28H,3-25H2,1-2H3/t26-/m1/s1. The second-order valence-corrected chi connectivity index (χ2v) is 9.39. The molecule has 0 rings (SSSR count). The minimum atomic E-state index is -0.115. The Morgan fingerprint density at radius 3 is 1.27 bits per heavy atom. The molecule has 3 nitrogen and oxygen atoms in total. The Bertz CT molecular complexity index is 341. The van der Waals surface area contributed by atoms with Gasteiger partial charge < -0.3 is 9.84 Å². The van der Waals surface area contributed by atoms with E-state index in [1.807, 2.05) is 6.92 Å². The molecule has 0 saturated carbocycles. The maximum absolute atomic E-state index is 11.5. The fourth-order valence-corrected chi connectivity index (χ4v) is 4.11. The lowest BCUT2D eigenvalue weighted by atomic mass is 10.0. The van der Waals surface area contributed by atoms with E-state index in [4.69, 9.17) is 4.74 Å². The van der Waals surface area contributed by atoms with E-state index in [-0.39, 0.29) is 6.10 Å². The Balaban J connectivity index is 3.06. The topological polar surface area (TPSA) is 46.5 Å². The molecule has 0 spiro atoms. The number of Topliss-reactive ketones (excluding diaryl/α,β-unsaturated/α-hetero) is 1. The van der Waals surface area contributed by atoms with Crippen LogP contribution in [0.15, 0.2) is 0 Å². The molecule has 180 valence electrons. The average molecular weight is 427 g/mol. The SMILES string of the molecule is COCCC(=O)CCCCCCCCCCCCCCCCCCCCC[C@@H](C)O. The summed E-state index contributed by atoms with van der Waals surface area (Å²) in [5.41, 5.74) is 0. The summed E-state index contributed by atoms with van der Waals surface area (Å²) in [5.74, 6) is 0.358. The average Bonchev–Trinajstić information content (AvgIpc) is 2.73. The Kier molecular flexibility index (Phi) is 24.5. The summed E-state index contributed by atoms with van der Waals surface area (Å²) in [5, 5.41) is 9.23. The van der Waals surface area contributed by atoms with Crippen LogP contribution in [0.3, 0.4) is 0 Å². The molecule has 0 aliphatic heterocycles. The first-order valence-corrected chi connectivity index (χ1v) is 13.4. The molecule has 0 heterocycles. The number of hydrogen-bond acceptors (Lipinski definition) is 3. The number of ketones is 1. The van der Waals surface area contributed by atoms with Crippen LogP contribution in [0.25, 0.3) is 0 Å². The van der Waals surface area contributed by atoms with E-state index >= 15 is 0 Å². The van der Waals surface area contributed by atoms with Gasteiger partial charge in [0.1, 0.15) is 5.78 Å². The Hall–Kier alpha value is -0.410. The van der Waals surface area contributed by atoms with Gasteiger partial charge in [-0.15, -0.1) is 0 Å². The molecule has 0 bridgehead atoms. The number of aliphatic hydroxyl groups excluding tert-OH is 1. The summed E-state index contributed by atoms with van der Waals surface area (Å²) < 4.78 is 4.94. The van der Waals surface area contributed by atoms with E-state index in [9.17, 15) is 9.90 Å². The van der Waals surface area contributed by atoms with E-state index in [0.29, 0.717) is 18.8 Å². The molecule has 0 amide bonds. The van der Waals surface area contributed by atoms with Crippen molar-refractivity contribution in [2.24, 2.45) is 0 Å². The molecule has 0 saturated heterocycles. The van der Waals surface area contributed by atoms with Gasteiger partial charge in [-0.05, 0) is 19.8 Å². The number of ether oxygens (including phenoxy) is 1. The highest BCUT2D eigenvalue weighted by molar-refractivity contribution is 5.78. The molecule has 0 aromatic carbocycles. The van der Waals surface area contributed by atoms with Gasteiger partial charge in [0.25, 0.3) is 0 Å². The lowest BCUT2D eigenvalue weighted by Crippen LogP contribution is -2.02. The van der Waals surface area contributed by atoms with Crippen LogP contribution < -0.4 is 0 Å². The molecule has 0 unspecified atom stereocenters. The van der Waals surface area contributed by atoms with E-state index in [1.54, 1.807) is 7.11 Å². The predicted molar refractivity (Wildman–Crippen MR) is 130 cm³/mol. The van der Waals surface area contributed by atoms with E-state index in [1.165, 1.54) is 116 Å². The van der Waals surface area contributed by atoms with Crippen LogP contribution in [0.1, 0.15) is 148 Å². The molecular formula is C27H54O3. The lowest BCUT2D eigenvalue weighted by Gasteiger charge is -2.05. The first-order valence-electron chi connectivity index (χ1n) is 13.4. The summed E-state index contributed by atoms with van der Waals surface area (Å²) >= 11 is 0. The summed E-state index contributed by atoms with van der Waals surface area (Å²) in [6.07, 6.45) is 27.8. The molecule has 1 atom stereocenters. The van der Waals surface area contributed by atoms with Gasteiger partial charge in [-0.3, -0.25) is 4.79 Å². The van der Waals surface area contributed by atoms with Crippen molar-refractivity contribution in [3.63, 3.8) is 0 Å². The van der Waals surface area contributed by atoms with Crippen LogP contribution in [-0.2, 0) is 9.53 Å². The quantitative estimate of drug-likeness (QED) is 0.150. The largest absolute Gasteiger partial charge is 0.393 e. The Morgan fingerprint density at radius 2 is 0.933 bits per heavy atom. The molecule has 0 radical (unpaired) electrons. The zero-order valence-electron chi connectivity index (χ0n) is 20.6. The Labute approximate surface area is 188 Å². The summed E-state index contributed by atoms with van der Waals surface area (Å²) in [6, 6.07) is 0. The summed E-state index contributed by atoms with van der Waals surface area (Å²) in [4.78, 5) is 11.5. The van der Waals surface area contributed by atoms with Gasteiger partial charge in [-0.2, -0.15) is 0 Å². The van der Waals surface area contributed by atoms with Crippen LogP contribution in [0.5, 0.6) is 0 Å². The van der Waals surface area contributed by atoms with Crippen molar-refractivity contribution in [3.8, 4) is 0 Å². The first-order chi connectivity index (χ1) is 14.7. The van der Waals surface area contributed by atoms with Crippen molar-refractivity contribution in [1.82, 2.24) is 0 Å². The highest BCUT2D eigenvalue weighted by Crippen LogP contribution is 2.15. The van der Waals surface area contributed by atoms with Crippen LogP contribution >= 0.6 is 0 Å². The van der Waals surface area contributed by atoms with Gasteiger partial charge in [-0.25, -0.2) is 0 Å². The predicted octanol–water partition coefficient (Wildman–Crippen LogP) is 8.16. The number of rotatable bonds is 25. The van der Waals surface area contributed by atoms with Gasteiger partial charge in [0, 0.05) is 20.0 Å². The van der Waals surface area contributed by atoms with E-state index in [0.717, 1.165) is 19.3 Å². The second kappa shape index (κ2) is 24.9.